The molecule has 0 spiro atoms. The van der Waals surface area contributed by atoms with Crippen molar-refractivity contribution in [3.8, 4) is 0 Å². The van der Waals surface area contributed by atoms with E-state index >= 15 is 0 Å². The normalized spacial score (nSPS) is 13.2. The molecule has 1 aromatic carbocycles. The van der Waals surface area contributed by atoms with Crippen LogP contribution in [0.3, 0.4) is 0 Å². The molecule has 0 saturated heterocycles. The summed E-state index contributed by atoms with van der Waals surface area (Å²) in [6, 6.07) is 6.35. The molecule has 86 valence electrons. The van der Waals surface area contributed by atoms with Crippen LogP contribution in [-0.4, -0.2) is 0 Å². The van der Waals surface area contributed by atoms with Crippen LogP contribution in [0.15, 0.2) is 22.6 Å². The molecule has 2 N–H and O–H groups in total. The molecule has 2 heteroatoms. The van der Waals surface area contributed by atoms with Gasteiger partial charge in [0.15, 0.2) is 0 Å². The van der Waals surface area contributed by atoms with Crippen molar-refractivity contribution >= 4 is 11.0 Å². The van der Waals surface area contributed by atoms with Crippen LogP contribution in [-0.2, 0) is 0 Å². The van der Waals surface area contributed by atoms with Gasteiger partial charge in [-0.15, -0.1) is 0 Å². The third-order valence-electron chi connectivity index (χ3n) is 3.12. The van der Waals surface area contributed by atoms with Gasteiger partial charge in [-0.2, -0.15) is 0 Å². The van der Waals surface area contributed by atoms with E-state index < -0.39 is 0 Å². The first-order valence-electron chi connectivity index (χ1n) is 5.88. The van der Waals surface area contributed by atoms with Gasteiger partial charge in [0.25, 0.3) is 0 Å². The zero-order valence-corrected chi connectivity index (χ0v) is 10.2. The summed E-state index contributed by atoms with van der Waals surface area (Å²) in [7, 11) is 0. The second-order valence-corrected chi connectivity index (χ2v) is 4.52. The number of aryl methyl sites for hydroxylation is 2. The fourth-order valence-corrected chi connectivity index (χ4v) is 1.96. The van der Waals surface area contributed by atoms with E-state index in [1.54, 1.807) is 0 Å². The predicted molar refractivity (Wildman–Crippen MR) is 67.5 cm³/mol. The van der Waals surface area contributed by atoms with Gasteiger partial charge in [-0.05, 0) is 49.6 Å². The van der Waals surface area contributed by atoms with Crippen molar-refractivity contribution in [1.82, 2.24) is 0 Å². The van der Waals surface area contributed by atoms with Gasteiger partial charge in [0.2, 0.25) is 0 Å². The minimum absolute atomic E-state index is 0.0259. The Morgan fingerprint density at radius 1 is 1.19 bits per heavy atom. The highest BCUT2D eigenvalue weighted by atomic mass is 16.3. The molecular formula is C14H19NO. The van der Waals surface area contributed by atoms with Crippen LogP contribution >= 0.6 is 0 Å². The number of rotatable bonds is 3. The highest BCUT2D eigenvalue weighted by Gasteiger charge is 2.11. The van der Waals surface area contributed by atoms with E-state index in [1.807, 2.05) is 0 Å². The number of hydrogen-bond donors (Lipinski definition) is 1. The zero-order valence-electron chi connectivity index (χ0n) is 10.2. The van der Waals surface area contributed by atoms with Crippen molar-refractivity contribution in [2.75, 3.05) is 0 Å². The Morgan fingerprint density at radius 3 is 2.56 bits per heavy atom. The van der Waals surface area contributed by atoms with Gasteiger partial charge >= 0.3 is 0 Å². The van der Waals surface area contributed by atoms with Gasteiger partial charge < -0.3 is 10.2 Å². The lowest BCUT2D eigenvalue weighted by Crippen LogP contribution is -2.08. The highest BCUT2D eigenvalue weighted by molar-refractivity contribution is 5.79. The van der Waals surface area contributed by atoms with E-state index in [0.717, 1.165) is 29.6 Å². The van der Waals surface area contributed by atoms with E-state index in [-0.39, 0.29) is 6.04 Å². The van der Waals surface area contributed by atoms with Crippen LogP contribution in [0.4, 0.5) is 0 Å². The summed E-state index contributed by atoms with van der Waals surface area (Å²) >= 11 is 0. The molecule has 0 radical (unpaired) electrons. The van der Waals surface area contributed by atoms with Gasteiger partial charge in [-0.3, -0.25) is 0 Å². The van der Waals surface area contributed by atoms with Crippen molar-refractivity contribution in [2.24, 2.45) is 5.73 Å². The first kappa shape index (κ1) is 11.2. The standard InChI is InChI=1S/C14H19NO/c1-4-5-12(15)14-8-11-6-9(2)10(3)7-13(11)16-14/h6-8,12H,4-5,15H2,1-3H3/t12-/m0/s1. The molecule has 0 aliphatic rings. The lowest BCUT2D eigenvalue weighted by Gasteiger charge is -2.04. The molecule has 0 saturated carbocycles. The number of nitrogens with two attached hydrogens (primary N) is 1. The van der Waals surface area contributed by atoms with Gasteiger partial charge in [-0.1, -0.05) is 13.3 Å². The van der Waals surface area contributed by atoms with E-state index in [2.05, 4.69) is 39.0 Å². The monoisotopic (exact) mass is 217 g/mol. The largest absolute Gasteiger partial charge is 0.459 e. The lowest BCUT2D eigenvalue weighted by molar-refractivity contribution is 0.475. The Balaban J connectivity index is 2.43. The van der Waals surface area contributed by atoms with Gasteiger partial charge in [-0.25, -0.2) is 0 Å². The van der Waals surface area contributed by atoms with Crippen LogP contribution in [0.5, 0.6) is 0 Å². The average Bonchev–Trinajstić information content (AvgIpc) is 2.62. The molecule has 2 rings (SSSR count). The number of hydrogen-bond acceptors (Lipinski definition) is 2. The topological polar surface area (TPSA) is 39.2 Å². The molecule has 0 amide bonds. The average molecular weight is 217 g/mol. The van der Waals surface area contributed by atoms with Gasteiger partial charge in [0, 0.05) is 5.39 Å². The Morgan fingerprint density at radius 2 is 1.88 bits per heavy atom. The molecule has 1 atom stereocenters. The maximum absolute atomic E-state index is 6.05. The second kappa shape index (κ2) is 4.30. The van der Waals surface area contributed by atoms with Crippen LogP contribution in [0.2, 0.25) is 0 Å². The maximum atomic E-state index is 6.05. The number of furan rings is 1. The van der Waals surface area contributed by atoms with Crippen molar-refractivity contribution < 1.29 is 4.42 Å². The Hall–Kier alpha value is -1.28. The van der Waals surface area contributed by atoms with Crippen molar-refractivity contribution in [2.45, 2.75) is 39.7 Å². The molecule has 0 unspecified atom stereocenters. The Labute approximate surface area is 96.4 Å². The summed E-state index contributed by atoms with van der Waals surface area (Å²) in [4.78, 5) is 0. The van der Waals surface area contributed by atoms with Crippen LogP contribution in [0.25, 0.3) is 11.0 Å². The number of benzene rings is 1. The summed E-state index contributed by atoms with van der Waals surface area (Å²) in [6.07, 6.45) is 2.05. The van der Waals surface area contributed by atoms with E-state index in [9.17, 15) is 0 Å². The fourth-order valence-electron chi connectivity index (χ4n) is 1.96. The Kier molecular flexibility index (Phi) is 3.01. The van der Waals surface area contributed by atoms with E-state index in [1.165, 1.54) is 11.1 Å². The van der Waals surface area contributed by atoms with Gasteiger partial charge in [0.1, 0.15) is 11.3 Å². The van der Waals surface area contributed by atoms with Crippen molar-refractivity contribution in [1.29, 1.82) is 0 Å². The predicted octanol–water partition coefficient (Wildman–Crippen LogP) is 3.85. The van der Waals surface area contributed by atoms with Gasteiger partial charge in [0.05, 0.1) is 6.04 Å². The molecule has 1 aromatic heterocycles. The SMILES string of the molecule is CCC[C@H](N)c1cc2cc(C)c(C)cc2o1. The molecule has 0 fully saturated rings. The van der Waals surface area contributed by atoms with E-state index in [0.29, 0.717) is 0 Å². The molecule has 0 bridgehead atoms. The third kappa shape index (κ3) is 1.98. The van der Waals surface area contributed by atoms with Crippen molar-refractivity contribution in [3.05, 3.63) is 35.1 Å². The summed E-state index contributed by atoms with van der Waals surface area (Å²) in [6.45, 7) is 6.35. The zero-order chi connectivity index (χ0) is 11.7. The number of fused-ring (bicyclic) bond motifs is 1. The summed E-state index contributed by atoms with van der Waals surface area (Å²) in [5.41, 5.74) is 9.56. The minimum atomic E-state index is 0.0259. The summed E-state index contributed by atoms with van der Waals surface area (Å²) in [5, 5.41) is 1.16. The van der Waals surface area contributed by atoms with Crippen LogP contribution in [0.1, 0.15) is 42.7 Å². The lowest BCUT2D eigenvalue weighted by atomic mass is 10.1. The molecule has 1 heterocycles. The first-order chi connectivity index (χ1) is 7.61. The quantitative estimate of drug-likeness (QED) is 0.848. The molecular weight excluding hydrogens is 198 g/mol. The summed E-state index contributed by atoms with van der Waals surface area (Å²) in [5.74, 6) is 0.904. The molecule has 2 aromatic rings. The van der Waals surface area contributed by atoms with Crippen LogP contribution < -0.4 is 5.73 Å². The second-order valence-electron chi connectivity index (χ2n) is 4.52. The molecule has 2 nitrogen and oxygen atoms in total. The third-order valence-corrected chi connectivity index (χ3v) is 3.12. The van der Waals surface area contributed by atoms with Crippen LogP contribution in [0, 0.1) is 13.8 Å². The smallest absolute Gasteiger partial charge is 0.134 e. The fraction of sp³-hybridized carbons (Fsp3) is 0.429. The highest BCUT2D eigenvalue weighted by Crippen LogP contribution is 2.27. The van der Waals surface area contributed by atoms with E-state index in [4.69, 9.17) is 10.2 Å². The molecule has 0 aliphatic heterocycles. The molecule has 16 heavy (non-hydrogen) atoms. The molecule has 0 aliphatic carbocycles. The van der Waals surface area contributed by atoms with Crippen molar-refractivity contribution in [3.63, 3.8) is 0 Å². The maximum Gasteiger partial charge on any atom is 0.134 e. The first-order valence-corrected chi connectivity index (χ1v) is 5.88. The Bertz CT molecular complexity index is 460. The minimum Gasteiger partial charge on any atom is -0.459 e. The summed E-state index contributed by atoms with van der Waals surface area (Å²) < 4.78 is 5.79.